The lowest BCUT2D eigenvalue weighted by molar-refractivity contribution is 0.0431. The van der Waals surface area contributed by atoms with Crippen LogP contribution in [0.4, 0.5) is 4.39 Å². The molecule has 1 aromatic carbocycles. The summed E-state index contributed by atoms with van der Waals surface area (Å²) < 4.78 is 18.1. The molecule has 0 bridgehead atoms. The Morgan fingerprint density at radius 3 is 2.65 bits per heavy atom. The third-order valence-corrected chi connectivity index (χ3v) is 3.01. The fourth-order valence-electron chi connectivity index (χ4n) is 2.05. The molecule has 92 valence electrons. The molecule has 1 unspecified atom stereocenters. The van der Waals surface area contributed by atoms with Crippen molar-refractivity contribution in [1.29, 1.82) is 0 Å². The van der Waals surface area contributed by atoms with Crippen LogP contribution in [0.3, 0.4) is 0 Å². The van der Waals surface area contributed by atoms with Crippen molar-refractivity contribution in [2.45, 2.75) is 25.1 Å². The first-order chi connectivity index (χ1) is 8.16. The van der Waals surface area contributed by atoms with Gasteiger partial charge in [0.05, 0.1) is 18.3 Å². The minimum absolute atomic E-state index is 0.0762. The van der Waals surface area contributed by atoms with Gasteiger partial charge in [0.15, 0.2) is 0 Å². The zero-order valence-electron chi connectivity index (χ0n) is 9.38. The van der Waals surface area contributed by atoms with E-state index >= 15 is 0 Å². The van der Waals surface area contributed by atoms with Crippen molar-refractivity contribution >= 4 is 5.97 Å². The van der Waals surface area contributed by atoms with Crippen LogP contribution in [0.25, 0.3) is 0 Å². The molecule has 1 aliphatic carbocycles. The van der Waals surface area contributed by atoms with E-state index in [9.17, 15) is 14.3 Å². The number of aliphatic hydroxyl groups excluding tert-OH is 1. The van der Waals surface area contributed by atoms with E-state index < -0.39 is 18.2 Å². The van der Waals surface area contributed by atoms with Crippen LogP contribution in [0.2, 0.25) is 0 Å². The summed E-state index contributed by atoms with van der Waals surface area (Å²) in [6.07, 6.45) is -1.46. The smallest absolute Gasteiger partial charge is 0.338 e. The summed E-state index contributed by atoms with van der Waals surface area (Å²) in [5.74, 6) is -0.477. The highest BCUT2D eigenvalue weighted by Crippen LogP contribution is 2.28. The third kappa shape index (κ3) is 3.03. The van der Waals surface area contributed by atoms with E-state index in [-0.39, 0.29) is 18.9 Å². The molecule has 0 aliphatic heterocycles. The zero-order valence-corrected chi connectivity index (χ0v) is 9.38. The van der Waals surface area contributed by atoms with Gasteiger partial charge in [-0.1, -0.05) is 18.2 Å². The maximum absolute atomic E-state index is 13.0. The maximum Gasteiger partial charge on any atom is 0.338 e. The quantitative estimate of drug-likeness (QED) is 0.819. The molecular weight excluding hydrogens is 223 g/mol. The number of ether oxygens (including phenoxy) is 1. The average Bonchev–Trinajstić information content (AvgIpc) is 2.67. The maximum atomic E-state index is 13.0. The lowest BCUT2D eigenvalue weighted by atomic mass is 10.1. The van der Waals surface area contributed by atoms with Crippen LogP contribution < -0.4 is 0 Å². The highest BCUT2D eigenvalue weighted by Gasteiger charge is 2.33. The van der Waals surface area contributed by atoms with Crippen molar-refractivity contribution in [2.75, 3.05) is 6.61 Å². The standard InChI is InChI=1S/C13H15FO3/c14-11-6-9(7-12(11)15)8-17-13(16)10-4-2-1-3-5-10/h1-5,9,11-12,15H,6-8H2/t9-,11+,12?/m1/s1. The Balaban J connectivity index is 1.81. The van der Waals surface area contributed by atoms with E-state index in [4.69, 9.17) is 4.74 Å². The molecule has 0 heterocycles. The van der Waals surface area contributed by atoms with Crippen LogP contribution >= 0.6 is 0 Å². The van der Waals surface area contributed by atoms with Crippen LogP contribution in [-0.4, -0.2) is 30.0 Å². The third-order valence-electron chi connectivity index (χ3n) is 3.01. The number of carbonyl (C=O) groups is 1. The highest BCUT2D eigenvalue weighted by atomic mass is 19.1. The molecule has 0 spiro atoms. The first kappa shape index (κ1) is 12.0. The molecule has 3 nitrogen and oxygen atoms in total. The van der Waals surface area contributed by atoms with E-state index in [1.807, 2.05) is 6.07 Å². The Bertz CT molecular complexity index is 370. The Morgan fingerprint density at radius 1 is 1.35 bits per heavy atom. The SMILES string of the molecule is O=C(OC[C@H]1CC(O)[C@@H](F)C1)c1ccccc1. The average molecular weight is 238 g/mol. The lowest BCUT2D eigenvalue weighted by Gasteiger charge is -2.09. The minimum Gasteiger partial charge on any atom is -0.462 e. The van der Waals surface area contributed by atoms with Crippen molar-refractivity contribution in [3.63, 3.8) is 0 Å². The van der Waals surface area contributed by atoms with E-state index in [0.717, 1.165) is 0 Å². The van der Waals surface area contributed by atoms with E-state index in [1.165, 1.54) is 0 Å². The number of esters is 1. The van der Waals surface area contributed by atoms with Crippen molar-refractivity contribution < 1.29 is 19.0 Å². The molecule has 1 saturated carbocycles. The fraction of sp³-hybridized carbons (Fsp3) is 0.462. The molecule has 1 aliphatic rings. The van der Waals surface area contributed by atoms with Gasteiger partial charge in [-0.25, -0.2) is 9.18 Å². The molecule has 0 saturated heterocycles. The van der Waals surface area contributed by atoms with Gasteiger partial charge in [-0.05, 0) is 30.9 Å². The highest BCUT2D eigenvalue weighted by molar-refractivity contribution is 5.89. The van der Waals surface area contributed by atoms with Gasteiger partial charge in [0.1, 0.15) is 6.17 Å². The van der Waals surface area contributed by atoms with Crippen LogP contribution in [0.5, 0.6) is 0 Å². The van der Waals surface area contributed by atoms with Gasteiger partial charge in [-0.3, -0.25) is 0 Å². The lowest BCUT2D eigenvalue weighted by Crippen LogP contribution is -2.13. The summed E-state index contributed by atoms with van der Waals surface area (Å²) in [5.41, 5.74) is 0.489. The zero-order chi connectivity index (χ0) is 12.3. The molecule has 0 radical (unpaired) electrons. The minimum atomic E-state index is -1.18. The molecule has 0 amide bonds. The van der Waals surface area contributed by atoms with Crippen LogP contribution in [0.1, 0.15) is 23.2 Å². The summed E-state index contributed by atoms with van der Waals surface area (Å²) in [4.78, 5) is 11.6. The number of halogens is 1. The number of benzene rings is 1. The fourth-order valence-corrected chi connectivity index (χ4v) is 2.05. The second-order valence-corrected chi connectivity index (χ2v) is 4.39. The van der Waals surface area contributed by atoms with Crippen LogP contribution in [0.15, 0.2) is 30.3 Å². The molecule has 3 atom stereocenters. The Kier molecular flexibility index (Phi) is 3.74. The largest absolute Gasteiger partial charge is 0.462 e. The normalized spacial score (nSPS) is 28.0. The summed E-state index contributed by atoms with van der Waals surface area (Å²) in [6.45, 7) is 0.172. The second-order valence-electron chi connectivity index (χ2n) is 4.39. The van der Waals surface area contributed by atoms with Gasteiger partial charge >= 0.3 is 5.97 Å². The van der Waals surface area contributed by atoms with Crippen molar-refractivity contribution in [2.24, 2.45) is 5.92 Å². The van der Waals surface area contributed by atoms with E-state index in [2.05, 4.69) is 0 Å². The summed E-state index contributed by atoms with van der Waals surface area (Å²) >= 11 is 0. The van der Waals surface area contributed by atoms with Gasteiger partial charge in [-0.15, -0.1) is 0 Å². The number of aliphatic hydroxyl groups is 1. The molecule has 2 rings (SSSR count). The monoisotopic (exact) mass is 238 g/mol. The second kappa shape index (κ2) is 5.27. The van der Waals surface area contributed by atoms with Gasteiger partial charge in [-0.2, -0.15) is 0 Å². The molecule has 4 heteroatoms. The summed E-state index contributed by atoms with van der Waals surface area (Å²) in [7, 11) is 0. The van der Waals surface area contributed by atoms with Crippen molar-refractivity contribution in [3.05, 3.63) is 35.9 Å². The number of hydrogen-bond acceptors (Lipinski definition) is 3. The molecule has 1 aromatic rings. The Morgan fingerprint density at radius 2 is 2.06 bits per heavy atom. The Hall–Kier alpha value is -1.42. The predicted octanol–water partition coefficient (Wildman–Crippen LogP) is 1.95. The topological polar surface area (TPSA) is 46.5 Å². The first-order valence-corrected chi connectivity index (χ1v) is 5.71. The van der Waals surface area contributed by atoms with Gasteiger partial charge in [0, 0.05) is 0 Å². The first-order valence-electron chi connectivity index (χ1n) is 5.71. The predicted molar refractivity (Wildman–Crippen MR) is 60.4 cm³/mol. The van der Waals surface area contributed by atoms with Crippen molar-refractivity contribution in [1.82, 2.24) is 0 Å². The van der Waals surface area contributed by atoms with Crippen LogP contribution in [0, 0.1) is 5.92 Å². The van der Waals surface area contributed by atoms with E-state index in [0.29, 0.717) is 12.0 Å². The number of rotatable bonds is 3. The molecule has 1 fully saturated rings. The summed E-state index contributed by atoms with van der Waals surface area (Å²) in [6, 6.07) is 8.67. The number of hydrogen-bond donors (Lipinski definition) is 1. The molecule has 17 heavy (non-hydrogen) atoms. The molecule has 1 N–H and O–H groups in total. The van der Waals surface area contributed by atoms with Crippen molar-refractivity contribution in [3.8, 4) is 0 Å². The van der Waals surface area contributed by atoms with Crippen LogP contribution in [-0.2, 0) is 4.74 Å². The number of alkyl halides is 1. The van der Waals surface area contributed by atoms with Gasteiger partial charge < -0.3 is 9.84 Å². The molecular formula is C13H15FO3. The Labute approximate surface area is 99.2 Å². The van der Waals surface area contributed by atoms with Gasteiger partial charge in [0.2, 0.25) is 0 Å². The van der Waals surface area contributed by atoms with E-state index in [1.54, 1.807) is 24.3 Å². The summed E-state index contributed by atoms with van der Waals surface area (Å²) in [5, 5.41) is 9.23. The van der Waals surface area contributed by atoms with Gasteiger partial charge in [0.25, 0.3) is 0 Å². The molecule has 0 aromatic heterocycles. The number of carbonyl (C=O) groups excluding carboxylic acids is 1.